The van der Waals surface area contributed by atoms with Crippen LogP contribution in [0.2, 0.25) is 0 Å². The van der Waals surface area contributed by atoms with Crippen LogP contribution in [0.25, 0.3) is 0 Å². The van der Waals surface area contributed by atoms with Crippen LogP contribution in [0.4, 0.5) is 0 Å². The number of hydrogen-bond donors (Lipinski definition) is 3. The highest BCUT2D eigenvalue weighted by atomic mass is 16.4. The van der Waals surface area contributed by atoms with E-state index < -0.39 is 18.0 Å². The van der Waals surface area contributed by atoms with Gasteiger partial charge in [0.1, 0.15) is 0 Å². The quantitative estimate of drug-likeness (QED) is 0.671. The molecule has 5 heteroatoms. The third-order valence-corrected chi connectivity index (χ3v) is 2.66. The summed E-state index contributed by atoms with van der Waals surface area (Å²) in [6.07, 6.45) is 1.04. The summed E-state index contributed by atoms with van der Waals surface area (Å²) in [6.45, 7) is 2.07. The number of carboxylic acids is 1. The number of aliphatic hydroxyl groups is 1. The molecule has 0 aliphatic heterocycles. The van der Waals surface area contributed by atoms with Gasteiger partial charge >= 0.3 is 5.97 Å². The first-order valence-electron chi connectivity index (χ1n) is 5.92. The van der Waals surface area contributed by atoms with Gasteiger partial charge in [-0.3, -0.25) is 4.79 Å². The number of nitrogens with one attached hydrogen (secondary N) is 1. The van der Waals surface area contributed by atoms with Gasteiger partial charge in [-0.1, -0.05) is 37.3 Å². The first kappa shape index (κ1) is 14.9. The van der Waals surface area contributed by atoms with Gasteiger partial charge in [-0.2, -0.15) is 0 Å². The van der Waals surface area contributed by atoms with Crippen molar-refractivity contribution in [3.05, 3.63) is 48.0 Å². The number of rotatable bonds is 6. The van der Waals surface area contributed by atoms with Gasteiger partial charge in [0.05, 0.1) is 6.10 Å². The fourth-order valence-electron chi connectivity index (χ4n) is 1.56. The number of carboxylic acid groups (broad SMARTS) is 1. The second-order valence-corrected chi connectivity index (χ2v) is 4.25. The number of amides is 1. The van der Waals surface area contributed by atoms with Crippen molar-refractivity contribution >= 4 is 11.9 Å². The molecule has 0 saturated carbocycles. The Morgan fingerprint density at radius 2 is 1.89 bits per heavy atom. The maximum Gasteiger partial charge on any atom is 0.328 e. The van der Waals surface area contributed by atoms with Gasteiger partial charge in [0.15, 0.2) is 0 Å². The lowest BCUT2D eigenvalue weighted by atomic mass is 9.97. The van der Waals surface area contributed by atoms with Crippen LogP contribution in [0.1, 0.15) is 18.6 Å². The monoisotopic (exact) mass is 263 g/mol. The average Bonchev–Trinajstić information content (AvgIpc) is 2.42. The Labute approximate surface area is 111 Å². The molecule has 0 saturated heterocycles. The molecule has 0 aromatic heterocycles. The molecule has 1 rings (SSSR count). The van der Waals surface area contributed by atoms with Crippen LogP contribution in [0, 0.1) is 5.92 Å². The minimum absolute atomic E-state index is 0.176. The van der Waals surface area contributed by atoms with Gasteiger partial charge in [0.25, 0.3) is 0 Å². The molecule has 19 heavy (non-hydrogen) atoms. The van der Waals surface area contributed by atoms with Gasteiger partial charge in [-0.15, -0.1) is 0 Å². The van der Waals surface area contributed by atoms with E-state index in [-0.39, 0.29) is 12.5 Å². The highest BCUT2D eigenvalue weighted by molar-refractivity contribution is 5.93. The summed E-state index contributed by atoms with van der Waals surface area (Å²) < 4.78 is 0. The predicted octanol–water partition coefficient (Wildman–Crippen LogP) is 1.11. The lowest BCUT2D eigenvalue weighted by Gasteiger charge is -2.19. The highest BCUT2D eigenvalue weighted by Crippen LogP contribution is 2.20. The molecule has 1 amide bonds. The topological polar surface area (TPSA) is 86.6 Å². The standard InChI is InChI=1S/C14H17NO4/c1-10(9-15-12(16)7-8-13(17)18)14(19)11-5-3-2-4-6-11/h2-8,10,14,19H,9H2,1H3,(H,15,16)(H,17,18)/b8-7-. The molecule has 0 aliphatic rings. The Kier molecular flexibility index (Phi) is 5.75. The third-order valence-electron chi connectivity index (χ3n) is 2.66. The third kappa shape index (κ3) is 5.35. The van der Waals surface area contributed by atoms with Gasteiger partial charge in [-0.05, 0) is 5.56 Å². The minimum Gasteiger partial charge on any atom is -0.478 e. The second-order valence-electron chi connectivity index (χ2n) is 4.25. The maximum atomic E-state index is 11.3. The van der Waals surface area contributed by atoms with Crippen LogP contribution in [-0.4, -0.2) is 28.6 Å². The predicted molar refractivity (Wildman–Crippen MR) is 70.4 cm³/mol. The molecule has 0 radical (unpaired) electrons. The molecule has 0 spiro atoms. The molecule has 0 aliphatic carbocycles. The zero-order valence-electron chi connectivity index (χ0n) is 10.6. The van der Waals surface area contributed by atoms with Crippen LogP contribution in [0.15, 0.2) is 42.5 Å². The summed E-state index contributed by atoms with van der Waals surface area (Å²) >= 11 is 0. The van der Waals surface area contributed by atoms with Gasteiger partial charge in [0.2, 0.25) is 5.91 Å². The number of aliphatic hydroxyl groups excluding tert-OH is 1. The average molecular weight is 263 g/mol. The fraction of sp³-hybridized carbons (Fsp3) is 0.286. The van der Waals surface area contributed by atoms with E-state index >= 15 is 0 Å². The Bertz CT molecular complexity index is 456. The Hall–Kier alpha value is -2.14. The Balaban J connectivity index is 2.45. The van der Waals surface area contributed by atoms with Crippen LogP contribution in [-0.2, 0) is 9.59 Å². The van der Waals surface area contributed by atoms with E-state index in [1.807, 2.05) is 30.3 Å². The summed E-state index contributed by atoms with van der Waals surface area (Å²) in [4.78, 5) is 21.5. The van der Waals surface area contributed by atoms with E-state index in [0.29, 0.717) is 0 Å². The van der Waals surface area contributed by atoms with Crippen molar-refractivity contribution in [3.63, 3.8) is 0 Å². The number of benzene rings is 1. The molecule has 102 valence electrons. The van der Waals surface area contributed by atoms with E-state index in [0.717, 1.165) is 17.7 Å². The fourth-order valence-corrected chi connectivity index (χ4v) is 1.56. The molecule has 5 nitrogen and oxygen atoms in total. The Morgan fingerprint density at radius 3 is 2.47 bits per heavy atom. The summed E-state index contributed by atoms with van der Waals surface area (Å²) in [5.74, 6) is -1.84. The molecule has 2 atom stereocenters. The van der Waals surface area contributed by atoms with Gasteiger partial charge < -0.3 is 15.5 Å². The van der Waals surface area contributed by atoms with Crippen LogP contribution in [0.5, 0.6) is 0 Å². The minimum atomic E-state index is -1.17. The molecule has 0 bridgehead atoms. The van der Waals surface area contributed by atoms with Crippen molar-refractivity contribution in [2.45, 2.75) is 13.0 Å². The number of hydrogen-bond acceptors (Lipinski definition) is 3. The molecule has 1 aromatic rings. The molecular weight excluding hydrogens is 246 g/mol. The van der Waals surface area contributed by atoms with E-state index in [1.165, 1.54) is 0 Å². The number of carbonyl (C=O) groups excluding carboxylic acids is 1. The summed E-state index contributed by atoms with van der Waals surface area (Å²) in [5.41, 5.74) is 0.783. The van der Waals surface area contributed by atoms with Crippen molar-refractivity contribution in [1.82, 2.24) is 5.32 Å². The normalized spacial score (nSPS) is 14.0. The SMILES string of the molecule is CC(CNC(=O)/C=C\C(=O)O)C(O)c1ccccc1. The number of aliphatic carboxylic acids is 1. The second kappa shape index (κ2) is 7.33. The van der Waals surface area contributed by atoms with Crippen LogP contribution in [0.3, 0.4) is 0 Å². The summed E-state index contributed by atoms with van der Waals surface area (Å²) in [6, 6.07) is 9.15. The summed E-state index contributed by atoms with van der Waals surface area (Å²) in [7, 11) is 0. The van der Waals surface area contributed by atoms with E-state index in [2.05, 4.69) is 5.32 Å². The van der Waals surface area contributed by atoms with Crippen molar-refractivity contribution in [2.24, 2.45) is 5.92 Å². The highest BCUT2D eigenvalue weighted by Gasteiger charge is 2.16. The van der Waals surface area contributed by atoms with Crippen molar-refractivity contribution in [3.8, 4) is 0 Å². The maximum absolute atomic E-state index is 11.3. The zero-order chi connectivity index (χ0) is 14.3. The largest absolute Gasteiger partial charge is 0.478 e. The van der Waals surface area contributed by atoms with Crippen LogP contribution >= 0.6 is 0 Å². The zero-order valence-corrected chi connectivity index (χ0v) is 10.6. The molecule has 3 N–H and O–H groups in total. The van der Waals surface area contributed by atoms with Crippen LogP contribution < -0.4 is 5.32 Å². The number of carbonyl (C=O) groups is 2. The van der Waals surface area contributed by atoms with Crippen molar-refractivity contribution in [1.29, 1.82) is 0 Å². The molecular formula is C14H17NO4. The van der Waals surface area contributed by atoms with Crippen molar-refractivity contribution in [2.75, 3.05) is 6.54 Å². The van der Waals surface area contributed by atoms with Gasteiger partial charge in [0, 0.05) is 24.6 Å². The smallest absolute Gasteiger partial charge is 0.328 e. The Morgan fingerprint density at radius 1 is 1.26 bits per heavy atom. The first-order chi connectivity index (χ1) is 9.00. The molecule has 0 fully saturated rings. The van der Waals surface area contributed by atoms with Gasteiger partial charge in [-0.25, -0.2) is 4.79 Å². The lowest BCUT2D eigenvalue weighted by Crippen LogP contribution is -2.29. The van der Waals surface area contributed by atoms with E-state index in [9.17, 15) is 14.7 Å². The lowest BCUT2D eigenvalue weighted by molar-refractivity contribution is -0.131. The molecule has 2 unspecified atom stereocenters. The molecule has 0 heterocycles. The van der Waals surface area contributed by atoms with E-state index in [4.69, 9.17) is 5.11 Å². The summed E-state index contributed by atoms with van der Waals surface area (Å²) in [5, 5.41) is 21.0. The van der Waals surface area contributed by atoms with Crippen molar-refractivity contribution < 1.29 is 19.8 Å². The van der Waals surface area contributed by atoms with E-state index in [1.54, 1.807) is 6.92 Å². The molecule has 1 aromatic carbocycles. The first-order valence-corrected chi connectivity index (χ1v) is 5.92.